The molecule has 1 aliphatic heterocycles. The summed E-state index contributed by atoms with van der Waals surface area (Å²) >= 11 is 11.7. The number of halogens is 2. The number of nitrogens with zero attached hydrogens (tertiary/aromatic N) is 1. The third-order valence-corrected chi connectivity index (χ3v) is 4.69. The molecule has 0 aromatic heterocycles. The first-order valence-electron chi connectivity index (χ1n) is 7.80. The van der Waals surface area contributed by atoms with Crippen LogP contribution in [0.4, 0.5) is 10.5 Å². The average molecular weight is 406 g/mol. The molecule has 2 aromatic rings. The van der Waals surface area contributed by atoms with Crippen LogP contribution in [0.5, 0.6) is 0 Å². The molecule has 27 heavy (non-hydrogen) atoms. The van der Waals surface area contributed by atoms with Gasteiger partial charge in [-0.2, -0.15) is 0 Å². The fourth-order valence-electron chi connectivity index (χ4n) is 2.85. The number of benzene rings is 2. The maximum absolute atomic E-state index is 13.0. The van der Waals surface area contributed by atoms with E-state index < -0.39 is 17.0 Å². The van der Waals surface area contributed by atoms with E-state index in [1.54, 1.807) is 31.2 Å². The summed E-state index contributed by atoms with van der Waals surface area (Å²) < 4.78 is 0. The van der Waals surface area contributed by atoms with Gasteiger partial charge < -0.3 is 10.6 Å². The van der Waals surface area contributed by atoms with Gasteiger partial charge in [-0.25, -0.2) is 4.79 Å². The summed E-state index contributed by atoms with van der Waals surface area (Å²) in [6.45, 7) is 1.60. The lowest BCUT2D eigenvalue weighted by molar-refractivity contribution is -0.384. The van der Waals surface area contributed by atoms with Crippen molar-refractivity contribution in [2.45, 2.75) is 13.0 Å². The Morgan fingerprint density at radius 2 is 1.81 bits per heavy atom. The van der Waals surface area contributed by atoms with Crippen LogP contribution in [0.2, 0.25) is 10.0 Å². The number of hydrogen-bond donors (Lipinski definition) is 2. The predicted octanol–water partition coefficient (Wildman–Crippen LogP) is 4.41. The third-order valence-electron chi connectivity index (χ3n) is 4.12. The first kappa shape index (κ1) is 18.9. The molecule has 1 aliphatic rings. The van der Waals surface area contributed by atoms with Crippen molar-refractivity contribution in [1.29, 1.82) is 0 Å². The van der Waals surface area contributed by atoms with Crippen LogP contribution in [0.15, 0.2) is 53.7 Å². The molecule has 2 amide bonds. The smallest absolute Gasteiger partial charge is 0.319 e. The minimum atomic E-state index is -0.863. The summed E-state index contributed by atoms with van der Waals surface area (Å²) in [5, 5.41) is 16.8. The Kier molecular flexibility index (Phi) is 5.16. The van der Waals surface area contributed by atoms with Gasteiger partial charge >= 0.3 is 6.03 Å². The fourth-order valence-corrected chi connectivity index (χ4v) is 3.16. The predicted molar refractivity (Wildman–Crippen MR) is 101 cm³/mol. The molecule has 7 nitrogen and oxygen atoms in total. The normalized spacial score (nSPS) is 16.6. The minimum Gasteiger partial charge on any atom is -0.327 e. The number of allylic oxidation sites excluding steroid dienone is 1. The molecular weight excluding hydrogens is 393 g/mol. The molecule has 2 aromatic carbocycles. The van der Waals surface area contributed by atoms with Crippen LogP contribution in [-0.2, 0) is 0 Å². The number of amides is 2. The maximum atomic E-state index is 13.0. The molecule has 0 saturated heterocycles. The Bertz CT molecular complexity index is 987. The first-order chi connectivity index (χ1) is 12.8. The standard InChI is InChI=1S/C18H13Cl2N3O4/c1-9-15(17(24)10-2-5-12(19)6-3-10)16(22-18(25)21-9)11-4-7-13(20)14(8-11)23(26)27/h2-8,16H,1H3,(H2,21,22,25). The average Bonchev–Trinajstić information content (AvgIpc) is 2.61. The van der Waals surface area contributed by atoms with E-state index in [4.69, 9.17) is 23.2 Å². The molecule has 0 aliphatic carbocycles. The van der Waals surface area contributed by atoms with Crippen LogP contribution < -0.4 is 10.6 Å². The summed E-state index contributed by atoms with van der Waals surface area (Å²) in [4.78, 5) is 35.6. The number of rotatable bonds is 4. The molecule has 1 heterocycles. The van der Waals surface area contributed by atoms with Crippen molar-refractivity contribution in [3.8, 4) is 0 Å². The highest BCUT2D eigenvalue weighted by atomic mass is 35.5. The van der Waals surface area contributed by atoms with Crippen LogP contribution in [0.25, 0.3) is 0 Å². The second-order valence-corrected chi connectivity index (χ2v) is 6.72. The van der Waals surface area contributed by atoms with Crippen molar-refractivity contribution >= 4 is 40.7 Å². The molecular formula is C18H13Cl2N3O4. The van der Waals surface area contributed by atoms with Crippen LogP contribution in [0.3, 0.4) is 0 Å². The Balaban J connectivity index is 2.10. The highest BCUT2D eigenvalue weighted by Gasteiger charge is 2.32. The summed E-state index contributed by atoms with van der Waals surface area (Å²) in [5.74, 6) is -0.334. The van der Waals surface area contributed by atoms with Crippen molar-refractivity contribution < 1.29 is 14.5 Å². The number of nitro benzene ring substituents is 1. The number of urea groups is 1. The van der Waals surface area contributed by atoms with Gasteiger partial charge in [0.1, 0.15) is 5.02 Å². The quantitative estimate of drug-likeness (QED) is 0.446. The lowest BCUT2D eigenvalue weighted by Gasteiger charge is -2.28. The van der Waals surface area contributed by atoms with E-state index in [1.165, 1.54) is 18.2 Å². The Morgan fingerprint density at radius 3 is 2.44 bits per heavy atom. The van der Waals surface area contributed by atoms with Crippen molar-refractivity contribution in [1.82, 2.24) is 10.6 Å². The van der Waals surface area contributed by atoms with E-state index in [-0.39, 0.29) is 22.1 Å². The lowest BCUT2D eigenvalue weighted by atomic mass is 9.89. The SMILES string of the molecule is CC1=C(C(=O)c2ccc(Cl)cc2)C(c2ccc(Cl)c([N+](=O)[O-])c2)NC(=O)N1. The first-order valence-corrected chi connectivity index (χ1v) is 8.56. The number of nitrogens with one attached hydrogen (secondary N) is 2. The molecule has 0 bridgehead atoms. The lowest BCUT2D eigenvalue weighted by Crippen LogP contribution is -2.45. The van der Waals surface area contributed by atoms with Crippen molar-refractivity contribution in [2.24, 2.45) is 0 Å². The molecule has 0 radical (unpaired) electrons. The van der Waals surface area contributed by atoms with E-state index in [0.717, 1.165) is 0 Å². The third kappa shape index (κ3) is 3.79. The zero-order valence-corrected chi connectivity index (χ0v) is 15.5. The fraction of sp³-hybridized carbons (Fsp3) is 0.111. The molecule has 0 fully saturated rings. The molecule has 2 N–H and O–H groups in total. The molecule has 0 saturated carbocycles. The van der Waals surface area contributed by atoms with Crippen LogP contribution >= 0.6 is 23.2 Å². The van der Waals surface area contributed by atoms with E-state index >= 15 is 0 Å². The number of Topliss-reactive ketones (excluding diaryl/α,β-unsaturated/α-hetero) is 1. The largest absolute Gasteiger partial charge is 0.327 e. The van der Waals surface area contributed by atoms with Gasteiger partial charge in [-0.05, 0) is 42.8 Å². The molecule has 1 unspecified atom stereocenters. The van der Waals surface area contributed by atoms with Crippen molar-refractivity contribution in [3.63, 3.8) is 0 Å². The summed E-state index contributed by atoms with van der Waals surface area (Å²) in [6.07, 6.45) is 0. The molecule has 1 atom stereocenters. The van der Waals surface area contributed by atoms with Gasteiger partial charge in [0.05, 0.1) is 11.0 Å². The number of nitro groups is 1. The van der Waals surface area contributed by atoms with E-state index in [1.807, 2.05) is 0 Å². The van der Waals surface area contributed by atoms with Crippen molar-refractivity contribution in [2.75, 3.05) is 0 Å². The molecule has 3 rings (SSSR count). The summed E-state index contributed by atoms with van der Waals surface area (Å²) in [7, 11) is 0. The van der Waals surface area contributed by atoms with Gasteiger partial charge in [-0.15, -0.1) is 0 Å². The number of hydrogen-bond acceptors (Lipinski definition) is 4. The van der Waals surface area contributed by atoms with Crippen LogP contribution in [0, 0.1) is 10.1 Å². The summed E-state index contributed by atoms with van der Waals surface area (Å²) in [6, 6.07) is 9.09. The molecule has 138 valence electrons. The van der Waals surface area contributed by atoms with Crippen LogP contribution in [0.1, 0.15) is 28.9 Å². The Labute approximate surface area is 164 Å². The van der Waals surface area contributed by atoms with Gasteiger partial charge in [-0.3, -0.25) is 14.9 Å². The van der Waals surface area contributed by atoms with Gasteiger partial charge in [0, 0.05) is 27.9 Å². The number of carbonyl (C=O) groups excluding carboxylic acids is 2. The second kappa shape index (κ2) is 7.38. The number of ketones is 1. The van der Waals surface area contributed by atoms with E-state index in [2.05, 4.69) is 10.6 Å². The highest BCUT2D eigenvalue weighted by molar-refractivity contribution is 6.32. The second-order valence-electron chi connectivity index (χ2n) is 5.87. The highest BCUT2D eigenvalue weighted by Crippen LogP contribution is 2.34. The van der Waals surface area contributed by atoms with Crippen molar-refractivity contribution in [3.05, 3.63) is 85.0 Å². The van der Waals surface area contributed by atoms with Gasteiger partial charge in [0.25, 0.3) is 5.69 Å². The van der Waals surface area contributed by atoms with Gasteiger partial charge in [-0.1, -0.05) is 29.3 Å². The monoisotopic (exact) mass is 405 g/mol. The summed E-state index contributed by atoms with van der Waals surface area (Å²) in [5.41, 5.74) is 1.07. The van der Waals surface area contributed by atoms with Gasteiger partial charge in [0.15, 0.2) is 5.78 Å². The topological polar surface area (TPSA) is 101 Å². The van der Waals surface area contributed by atoms with E-state index in [9.17, 15) is 19.7 Å². The zero-order chi connectivity index (χ0) is 19.7. The van der Waals surface area contributed by atoms with E-state index in [0.29, 0.717) is 21.8 Å². The Morgan fingerprint density at radius 1 is 1.15 bits per heavy atom. The number of carbonyl (C=O) groups is 2. The van der Waals surface area contributed by atoms with Gasteiger partial charge in [0.2, 0.25) is 0 Å². The zero-order valence-electron chi connectivity index (χ0n) is 14.0. The molecule has 9 heteroatoms. The maximum Gasteiger partial charge on any atom is 0.319 e. The molecule has 0 spiro atoms. The Hall–Kier alpha value is -2.90. The van der Waals surface area contributed by atoms with Crippen LogP contribution in [-0.4, -0.2) is 16.7 Å². The minimum absolute atomic E-state index is 0.0321.